The van der Waals surface area contributed by atoms with Crippen LogP contribution >= 0.6 is 0 Å². The first-order valence-corrected chi connectivity index (χ1v) is 7.33. The lowest BCUT2D eigenvalue weighted by Crippen LogP contribution is -2.54. The fourth-order valence-corrected chi connectivity index (χ4v) is 3.62. The second kappa shape index (κ2) is 5.54. The molecule has 116 valence electrons. The monoisotopic (exact) mass is 321 g/mol. The number of primary amides is 1. The molecule has 1 saturated heterocycles. The molecule has 1 aromatic rings. The van der Waals surface area contributed by atoms with Gasteiger partial charge in [0.25, 0.3) is 0 Å². The normalized spacial score (nSPS) is 20.4. The van der Waals surface area contributed by atoms with Crippen LogP contribution in [-0.2, 0) is 19.6 Å². The van der Waals surface area contributed by atoms with E-state index in [0.717, 1.165) is 16.4 Å². The fourth-order valence-electron chi connectivity index (χ4n) is 1.98. The van der Waals surface area contributed by atoms with Crippen molar-refractivity contribution >= 4 is 21.6 Å². The number of benzene rings is 1. The molecule has 0 bridgehead atoms. The molecule has 1 aromatic carbocycles. The van der Waals surface area contributed by atoms with Crippen LogP contribution in [0.5, 0.6) is 0 Å². The zero-order valence-electron chi connectivity index (χ0n) is 10.8. The molecule has 4 N–H and O–H groups in total. The number of carbonyl (C=O) groups is 1. The molecular weight excluding hydrogens is 308 g/mol. The van der Waals surface area contributed by atoms with E-state index in [1.54, 1.807) is 0 Å². The van der Waals surface area contributed by atoms with E-state index in [-0.39, 0.29) is 19.8 Å². The number of nitrogen functional groups attached to an aromatic ring is 1. The first-order valence-electron chi connectivity index (χ1n) is 5.89. The van der Waals surface area contributed by atoms with E-state index >= 15 is 0 Å². The first kappa shape index (κ1) is 15.6. The van der Waals surface area contributed by atoms with Gasteiger partial charge in [-0.1, -0.05) is 0 Å². The molecule has 0 saturated carbocycles. The lowest BCUT2D eigenvalue weighted by atomic mass is 10.3. The molecule has 1 amide bonds. The number of halogens is 2. The minimum Gasteiger partial charge on any atom is -0.394 e. The van der Waals surface area contributed by atoms with E-state index in [1.165, 1.54) is 0 Å². The molecule has 7 nitrogen and oxygen atoms in total. The molecule has 0 aromatic heterocycles. The Bertz CT molecular complexity index is 680. The maximum absolute atomic E-state index is 13.9. The highest BCUT2D eigenvalue weighted by Gasteiger charge is 2.39. The van der Waals surface area contributed by atoms with Crippen molar-refractivity contribution in [3.05, 3.63) is 23.8 Å². The molecular formula is C11H13F2N3O4S. The summed E-state index contributed by atoms with van der Waals surface area (Å²) in [5.74, 6) is -3.39. The van der Waals surface area contributed by atoms with Gasteiger partial charge in [-0.15, -0.1) is 0 Å². The number of nitrogens with zero attached hydrogens (tertiary/aromatic N) is 1. The Kier molecular flexibility index (Phi) is 4.12. The Morgan fingerprint density at radius 3 is 2.67 bits per heavy atom. The van der Waals surface area contributed by atoms with Crippen LogP contribution < -0.4 is 11.5 Å². The molecule has 10 heteroatoms. The van der Waals surface area contributed by atoms with Crippen molar-refractivity contribution in [1.29, 1.82) is 0 Å². The third-order valence-electron chi connectivity index (χ3n) is 3.09. The van der Waals surface area contributed by atoms with Crippen LogP contribution in [0.4, 0.5) is 14.5 Å². The summed E-state index contributed by atoms with van der Waals surface area (Å²) in [4.78, 5) is 10.5. The molecule has 0 radical (unpaired) electrons. The third kappa shape index (κ3) is 2.69. The number of nitrogens with two attached hydrogens (primary N) is 2. The zero-order valence-corrected chi connectivity index (χ0v) is 11.6. The van der Waals surface area contributed by atoms with Crippen molar-refractivity contribution in [2.75, 3.05) is 25.5 Å². The smallest absolute Gasteiger partial charge is 0.246 e. The molecule has 0 aliphatic carbocycles. The van der Waals surface area contributed by atoms with Gasteiger partial charge in [-0.2, -0.15) is 4.31 Å². The maximum Gasteiger partial charge on any atom is 0.246 e. The van der Waals surface area contributed by atoms with Gasteiger partial charge in [0, 0.05) is 6.54 Å². The summed E-state index contributed by atoms with van der Waals surface area (Å²) in [6.45, 7) is -0.374. The Morgan fingerprint density at radius 1 is 1.38 bits per heavy atom. The Hall–Kier alpha value is -1.78. The molecule has 0 spiro atoms. The molecule has 1 unspecified atom stereocenters. The summed E-state index contributed by atoms with van der Waals surface area (Å²) in [5, 5.41) is 0. The number of hydrogen-bond acceptors (Lipinski definition) is 5. The van der Waals surface area contributed by atoms with Gasteiger partial charge in [-0.3, -0.25) is 4.79 Å². The van der Waals surface area contributed by atoms with Crippen molar-refractivity contribution in [3.8, 4) is 0 Å². The van der Waals surface area contributed by atoms with Gasteiger partial charge >= 0.3 is 0 Å². The van der Waals surface area contributed by atoms with Crippen molar-refractivity contribution < 1.29 is 26.7 Å². The Morgan fingerprint density at radius 2 is 2.05 bits per heavy atom. The van der Waals surface area contributed by atoms with Gasteiger partial charge < -0.3 is 16.2 Å². The topological polar surface area (TPSA) is 116 Å². The number of rotatable bonds is 3. The predicted octanol–water partition coefficient (Wildman–Crippen LogP) is -0.578. The molecule has 1 aliphatic heterocycles. The largest absolute Gasteiger partial charge is 0.394 e. The average Bonchev–Trinajstić information content (AvgIpc) is 2.44. The number of morpholine rings is 1. The van der Waals surface area contributed by atoms with Crippen LogP contribution in [0.1, 0.15) is 0 Å². The summed E-state index contributed by atoms with van der Waals surface area (Å²) in [6.07, 6.45) is 0. The van der Waals surface area contributed by atoms with E-state index in [4.69, 9.17) is 16.2 Å². The molecule has 2 rings (SSSR count). The summed E-state index contributed by atoms with van der Waals surface area (Å²) < 4.78 is 57.6. The van der Waals surface area contributed by atoms with Gasteiger partial charge in [-0.05, 0) is 12.1 Å². The number of anilines is 1. The lowest BCUT2D eigenvalue weighted by Gasteiger charge is -2.32. The standard InChI is InChI=1S/C11H13F2N3O4S/c12-6-1-2-8(9(13)10(6)14)21(18,19)16-3-4-20-5-7(16)11(15)17/h1-2,7H,3-5,14H2,(H2,15,17). The highest BCUT2D eigenvalue weighted by Crippen LogP contribution is 2.27. The minimum absolute atomic E-state index is 0.0291. The quantitative estimate of drug-likeness (QED) is 0.723. The van der Waals surface area contributed by atoms with Crippen molar-refractivity contribution in [1.82, 2.24) is 4.31 Å². The third-order valence-corrected chi connectivity index (χ3v) is 5.01. The van der Waals surface area contributed by atoms with Crippen molar-refractivity contribution in [3.63, 3.8) is 0 Å². The number of amides is 1. The number of sulfonamides is 1. The predicted molar refractivity (Wildman–Crippen MR) is 68.5 cm³/mol. The van der Waals surface area contributed by atoms with E-state index in [1.807, 2.05) is 0 Å². The zero-order chi connectivity index (χ0) is 15.8. The molecule has 1 heterocycles. The van der Waals surface area contributed by atoms with Crippen LogP contribution in [0.15, 0.2) is 17.0 Å². The minimum atomic E-state index is -4.40. The van der Waals surface area contributed by atoms with Gasteiger partial charge in [0.2, 0.25) is 15.9 Å². The van der Waals surface area contributed by atoms with Crippen molar-refractivity contribution in [2.24, 2.45) is 5.73 Å². The van der Waals surface area contributed by atoms with E-state index < -0.39 is 44.2 Å². The van der Waals surface area contributed by atoms with Gasteiger partial charge in [0.1, 0.15) is 22.4 Å². The van der Waals surface area contributed by atoms with E-state index in [9.17, 15) is 22.0 Å². The fraction of sp³-hybridized carbons (Fsp3) is 0.364. The second-order valence-electron chi connectivity index (χ2n) is 4.38. The van der Waals surface area contributed by atoms with Crippen LogP contribution in [-0.4, -0.2) is 44.4 Å². The summed E-state index contributed by atoms with van der Waals surface area (Å²) >= 11 is 0. The van der Waals surface area contributed by atoms with Crippen LogP contribution in [0, 0.1) is 11.6 Å². The van der Waals surface area contributed by atoms with E-state index in [0.29, 0.717) is 0 Å². The molecule has 1 aliphatic rings. The van der Waals surface area contributed by atoms with Crippen molar-refractivity contribution in [2.45, 2.75) is 10.9 Å². The second-order valence-corrected chi connectivity index (χ2v) is 6.24. The Balaban J connectivity index is 2.51. The molecule has 21 heavy (non-hydrogen) atoms. The number of ether oxygens (including phenoxy) is 1. The van der Waals surface area contributed by atoms with Crippen LogP contribution in [0.3, 0.4) is 0 Å². The van der Waals surface area contributed by atoms with E-state index in [2.05, 4.69) is 0 Å². The highest BCUT2D eigenvalue weighted by atomic mass is 32.2. The lowest BCUT2D eigenvalue weighted by molar-refractivity contribution is -0.125. The summed E-state index contributed by atoms with van der Waals surface area (Å²) in [5.41, 5.74) is 9.37. The summed E-state index contributed by atoms with van der Waals surface area (Å²) in [6, 6.07) is 0.240. The van der Waals surface area contributed by atoms with Gasteiger partial charge in [0.15, 0.2) is 5.82 Å². The first-order chi connectivity index (χ1) is 9.76. The number of carbonyl (C=O) groups excluding carboxylic acids is 1. The van der Waals surface area contributed by atoms with Crippen LogP contribution in [0.25, 0.3) is 0 Å². The number of hydrogen-bond donors (Lipinski definition) is 2. The Labute approximate surface area is 119 Å². The molecule has 1 fully saturated rings. The SMILES string of the molecule is NC(=O)C1COCCN1S(=O)(=O)c1ccc(F)c(N)c1F. The van der Waals surface area contributed by atoms with Gasteiger partial charge in [-0.25, -0.2) is 17.2 Å². The average molecular weight is 321 g/mol. The van der Waals surface area contributed by atoms with Crippen LogP contribution in [0.2, 0.25) is 0 Å². The molecule has 1 atom stereocenters. The highest BCUT2D eigenvalue weighted by molar-refractivity contribution is 7.89. The summed E-state index contributed by atoms with van der Waals surface area (Å²) in [7, 11) is -4.40. The maximum atomic E-state index is 13.9. The van der Waals surface area contributed by atoms with Gasteiger partial charge in [0.05, 0.1) is 13.2 Å².